The fourth-order valence-electron chi connectivity index (χ4n) is 6.28. The van der Waals surface area contributed by atoms with Crippen molar-refractivity contribution in [3.8, 4) is 33.6 Å². The first-order valence-corrected chi connectivity index (χ1v) is 14.1. The molecule has 9 aromatic rings. The molecule has 4 nitrogen and oxygen atoms in total. The molecule has 0 aliphatic heterocycles. The summed E-state index contributed by atoms with van der Waals surface area (Å²) in [5, 5.41) is 4.33. The Kier molecular flexibility index (Phi) is 4.79. The minimum atomic E-state index is 0.798. The van der Waals surface area contributed by atoms with Crippen LogP contribution in [-0.2, 0) is 7.05 Å². The lowest BCUT2D eigenvalue weighted by molar-refractivity contribution is 0.633. The van der Waals surface area contributed by atoms with Crippen LogP contribution in [0.5, 0.6) is 0 Å². The Morgan fingerprint density at radius 1 is 0.476 bits per heavy atom. The third kappa shape index (κ3) is 3.39. The zero-order chi connectivity index (χ0) is 27.8. The number of aryl methyl sites for hydroxylation is 1. The number of imidazole rings is 1. The van der Waals surface area contributed by atoms with Crippen LogP contribution in [0.2, 0.25) is 0 Å². The second-order valence-electron chi connectivity index (χ2n) is 10.9. The number of aromatic nitrogens is 2. The summed E-state index contributed by atoms with van der Waals surface area (Å²) < 4.78 is 14.7. The molecule has 198 valence electrons. The van der Waals surface area contributed by atoms with Gasteiger partial charge in [-0.25, -0.2) is 4.98 Å². The number of para-hydroxylation sites is 1. The predicted molar refractivity (Wildman–Crippen MR) is 172 cm³/mol. The van der Waals surface area contributed by atoms with Gasteiger partial charge < -0.3 is 13.4 Å². The first kappa shape index (κ1) is 23.1. The lowest BCUT2D eigenvalue weighted by Crippen LogP contribution is -1.91. The number of hydrogen-bond donors (Lipinski definition) is 0. The van der Waals surface area contributed by atoms with Crippen molar-refractivity contribution in [1.29, 1.82) is 0 Å². The van der Waals surface area contributed by atoms with Crippen LogP contribution >= 0.6 is 0 Å². The minimum absolute atomic E-state index is 0.798. The average molecular weight is 541 g/mol. The molecule has 0 radical (unpaired) electrons. The van der Waals surface area contributed by atoms with Gasteiger partial charge in [0.1, 0.15) is 17.0 Å². The van der Waals surface area contributed by atoms with Crippen molar-refractivity contribution in [2.45, 2.75) is 0 Å². The molecule has 0 saturated carbocycles. The third-order valence-electron chi connectivity index (χ3n) is 8.45. The van der Waals surface area contributed by atoms with Crippen LogP contribution in [0.4, 0.5) is 0 Å². The van der Waals surface area contributed by atoms with Crippen molar-refractivity contribution in [3.05, 3.63) is 127 Å². The fraction of sp³-hybridized carbons (Fsp3) is 0.0263. The Labute approximate surface area is 241 Å². The van der Waals surface area contributed by atoms with Gasteiger partial charge in [0.15, 0.2) is 11.2 Å². The molecule has 42 heavy (non-hydrogen) atoms. The lowest BCUT2D eigenvalue weighted by Gasteiger charge is -2.06. The van der Waals surface area contributed by atoms with Crippen LogP contribution in [0.3, 0.4) is 0 Å². The summed E-state index contributed by atoms with van der Waals surface area (Å²) in [5.41, 5.74) is 11.2. The molecule has 0 N–H and O–H groups in total. The maximum Gasteiger partial charge on any atom is 0.178 e. The predicted octanol–water partition coefficient (Wildman–Crippen LogP) is 10.4. The fourth-order valence-corrected chi connectivity index (χ4v) is 6.28. The Morgan fingerprint density at radius 3 is 1.83 bits per heavy atom. The lowest BCUT2D eigenvalue weighted by atomic mass is 9.99. The van der Waals surface area contributed by atoms with Gasteiger partial charge in [0.25, 0.3) is 0 Å². The van der Waals surface area contributed by atoms with E-state index in [0.29, 0.717) is 0 Å². The SMILES string of the molecule is Cn1c(-c2ccccc2)nc2cc(-c3ccc(-c4ccc5oc6c(ccc7c8ccccc8oc76)c5c4)cc3)ccc21. The van der Waals surface area contributed by atoms with Crippen molar-refractivity contribution in [1.82, 2.24) is 9.55 Å². The summed E-state index contributed by atoms with van der Waals surface area (Å²) in [6.45, 7) is 0. The molecule has 9 rings (SSSR count). The van der Waals surface area contributed by atoms with Crippen LogP contribution < -0.4 is 0 Å². The van der Waals surface area contributed by atoms with Crippen molar-refractivity contribution in [3.63, 3.8) is 0 Å². The van der Waals surface area contributed by atoms with Crippen LogP contribution in [0.1, 0.15) is 0 Å². The molecule has 0 bridgehead atoms. The standard InChI is InChI=1S/C38H24N2O2/c1-40-33-19-15-27(22-32(33)39-38(40)25-7-3-2-4-8-25)24-13-11-23(12-14-24)26-16-20-35-31(21-26)30-18-17-29-28-9-5-6-10-34(28)41-36(29)37(30)42-35/h2-22H,1H3. The summed E-state index contributed by atoms with van der Waals surface area (Å²) in [4.78, 5) is 4.96. The molecule has 6 aromatic carbocycles. The highest BCUT2D eigenvalue weighted by Gasteiger charge is 2.16. The van der Waals surface area contributed by atoms with Gasteiger partial charge in [-0.05, 0) is 64.7 Å². The quantitative estimate of drug-likeness (QED) is 0.224. The summed E-state index contributed by atoms with van der Waals surface area (Å²) in [5.74, 6) is 0.973. The Hall–Kier alpha value is -5.61. The second kappa shape index (κ2) is 8.69. The van der Waals surface area contributed by atoms with Gasteiger partial charge in [-0.2, -0.15) is 0 Å². The Morgan fingerprint density at radius 2 is 1.07 bits per heavy atom. The van der Waals surface area contributed by atoms with E-state index in [4.69, 9.17) is 13.8 Å². The maximum absolute atomic E-state index is 6.34. The summed E-state index contributed by atoms with van der Waals surface area (Å²) in [6, 6.07) is 44.4. The smallest absolute Gasteiger partial charge is 0.178 e. The molecule has 0 amide bonds. The monoisotopic (exact) mass is 540 g/mol. The number of fused-ring (bicyclic) bond motifs is 8. The van der Waals surface area contributed by atoms with Gasteiger partial charge in [-0.1, -0.05) is 84.9 Å². The molecule has 4 heteroatoms. The molecule has 3 aromatic heterocycles. The maximum atomic E-state index is 6.34. The molecule has 0 unspecified atom stereocenters. The molecule has 0 saturated heterocycles. The van der Waals surface area contributed by atoms with Crippen LogP contribution in [-0.4, -0.2) is 9.55 Å². The molecular formula is C38H24N2O2. The third-order valence-corrected chi connectivity index (χ3v) is 8.45. The first-order chi connectivity index (χ1) is 20.7. The van der Waals surface area contributed by atoms with E-state index in [1.54, 1.807) is 0 Å². The molecule has 3 heterocycles. The number of furan rings is 2. The summed E-state index contributed by atoms with van der Waals surface area (Å²) in [6.07, 6.45) is 0. The molecule has 0 aliphatic carbocycles. The van der Waals surface area contributed by atoms with E-state index < -0.39 is 0 Å². The molecule has 0 fully saturated rings. The van der Waals surface area contributed by atoms with Crippen LogP contribution in [0.25, 0.3) is 88.6 Å². The summed E-state index contributed by atoms with van der Waals surface area (Å²) >= 11 is 0. The molecule has 0 aliphatic rings. The first-order valence-electron chi connectivity index (χ1n) is 14.1. The van der Waals surface area contributed by atoms with Crippen LogP contribution in [0.15, 0.2) is 136 Å². The average Bonchev–Trinajstić information content (AvgIpc) is 3.72. The normalized spacial score (nSPS) is 11.9. The number of hydrogen-bond acceptors (Lipinski definition) is 3. The molecule has 0 atom stereocenters. The summed E-state index contributed by atoms with van der Waals surface area (Å²) in [7, 11) is 2.07. The van der Waals surface area contributed by atoms with Crippen LogP contribution in [0, 0.1) is 0 Å². The molecular weight excluding hydrogens is 516 g/mol. The van der Waals surface area contributed by atoms with E-state index >= 15 is 0 Å². The van der Waals surface area contributed by atoms with E-state index in [0.717, 1.165) is 88.6 Å². The Bertz CT molecular complexity index is 2460. The van der Waals surface area contributed by atoms with Gasteiger partial charge in [0.05, 0.1) is 11.0 Å². The van der Waals surface area contributed by atoms with Gasteiger partial charge in [-0.15, -0.1) is 0 Å². The van der Waals surface area contributed by atoms with Crippen molar-refractivity contribution < 1.29 is 8.83 Å². The highest BCUT2D eigenvalue weighted by molar-refractivity contribution is 6.19. The van der Waals surface area contributed by atoms with E-state index in [1.807, 2.05) is 36.4 Å². The highest BCUT2D eigenvalue weighted by atomic mass is 16.4. The topological polar surface area (TPSA) is 44.1 Å². The second-order valence-corrected chi connectivity index (χ2v) is 10.9. The van der Waals surface area contributed by atoms with Crippen molar-refractivity contribution in [2.75, 3.05) is 0 Å². The van der Waals surface area contributed by atoms with Gasteiger partial charge >= 0.3 is 0 Å². The van der Waals surface area contributed by atoms with E-state index in [1.165, 1.54) is 0 Å². The largest absolute Gasteiger partial charge is 0.452 e. The van der Waals surface area contributed by atoms with Crippen molar-refractivity contribution >= 4 is 54.9 Å². The van der Waals surface area contributed by atoms with E-state index in [-0.39, 0.29) is 0 Å². The highest BCUT2D eigenvalue weighted by Crippen LogP contribution is 2.40. The van der Waals surface area contributed by atoms with Gasteiger partial charge in [0.2, 0.25) is 0 Å². The zero-order valence-corrected chi connectivity index (χ0v) is 22.8. The van der Waals surface area contributed by atoms with Gasteiger partial charge in [0, 0.05) is 34.2 Å². The van der Waals surface area contributed by atoms with E-state index in [9.17, 15) is 0 Å². The number of benzene rings is 6. The Balaban J connectivity index is 1.09. The van der Waals surface area contributed by atoms with Gasteiger partial charge in [-0.3, -0.25) is 0 Å². The minimum Gasteiger partial charge on any atom is -0.452 e. The number of rotatable bonds is 3. The zero-order valence-electron chi connectivity index (χ0n) is 22.8. The van der Waals surface area contributed by atoms with Crippen molar-refractivity contribution in [2.24, 2.45) is 7.05 Å². The molecule has 0 spiro atoms. The number of nitrogens with zero attached hydrogens (tertiary/aromatic N) is 2. The van der Waals surface area contributed by atoms with E-state index in [2.05, 4.69) is 103 Å².